The molecule has 3 aliphatic heterocycles. The molecular formula is C21H21N5O4S. The maximum atomic E-state index is 13.0. The molecule has 0 unspecified atom stereocenters. The molecule has 10 heteroatoms. The van der Waals surface area contributed by atoms with E-state index in [0.29, 0.717) is 43.1 Å². The van der Waals surface area contributed by atoms with E-state index in [1.54, 1.807) is 52.3 Å². The van der Waals surface area contributed by atoms with Gasteiger partial charge in [-0.25, -0.2) is 4.79 Å². The smallest absolute Gasteiger partial charge is 0.321 e. The standard InChI is InChI=1S/C21H21N5O4S/c27-20(23-14-7-9-15(10-8-14)25-13-11-22-21(25)28)17-5-3-12-26(17)19-16-4-1-2-6-18(16)31(29,30)24-19/h1-2,4,6-10,17H,3,5,11-13H2,(H,22,28)(H,23,27)/t17-/m0/s1. The lowest BCUT2D eigenvalue weighted by molar-refractivity contribution is -0.119. The average molecular weight is 439 g/mol. The number of amidine groups is 1. The van der Waals surface area contributed by atoms with Gasteiger partial charge in [-0.3, -0.25) is 9.69 Å². The number of anilines is 2. The van der Waals surface area contributed by atoms with Crippen molar-refractivity contribution in [3.8, 4) is 0 Å². The summed E-state index contributed by atoms with van der Waals surface area (Å²) in [6.07, 6.45) is 1.38. The molecule has 0 aliphatic carbocycles. The summed E-state index contributed by atoms with van der Waals surface area (Å²) in [5, 5.41) is 5.66. The molecular weight excluding hydrogens is 418 g/mol. The second kappa shape index (κ2) is 7.38. The highest BCUT2D eigenvalue weighted by Crippen LogP contribution is 2.31. The lowest BCUT2D eigenvalue weighted by Gasteiger charge is -2.25. The largest absolute Gasteiger partial charge is 0.343 e. The maximum Gasteiger partial charge on any atom is 0.321 e. The molecule has 0 aromatic heterocycles. The minimum absolute atomic E-state index is 0.133. The first-order chi connectivity index (χ1) is 14.9. The van der Waals surface area contributed by atoms with Crippen LogP contribution < -0.4 is 15.5 Å². The summed E-state index contributed by atoms with van der Waals surface area (Å²) in [5.41, 5.74) is 1.91. The van der Waals surface area contributed by atoms with Crippen molar-refractivity contribution in [3.63, 3.8) is 0 Å². The molecule has 2 fully saturated rings. The fraction of sp³-hybridized carbons (Fsp3) is 0.286. The van der Waals surface area contributed by atoms with Crippen LogP contribution in [-0.2, 0) is 14.8 Å². The Hall–Kier alpha value is -3.40. The zero-order chi connectivity index (χ0) is 21.6. The van der Waals surface area contributed by atoms with Crippen LogP contribution in [0.3, 0.4) is 0 Å². The van der Waals surface area contributed by atoms with Gasteiger partial charge in [-0.1, -0.05) is 12.1 Å². The second-order valence-electron chi connectivity index (χ2n) is 7.66. The van der Waals surface area contributed by atoms with E-state index in [1.807, 2.05) is 0 Å². The molecule has 0 spiro atoms. The molecule has 2 aromatic carbocycles. The van der Waals surface area contributed by atoms with Crippen molar-refractivity contribution in [1.29, 1.82) is 0 Å². The highest BCUT2D eigenvalue weighted by molar-refractivity contribution is 7.90. The zero-order valence-corrected chi connectivity index (χ0v) is 17.4. The molecule has 0 saturated carbocycles. The third-order valence-corrected chi connectivity index (χ3v) is 7.07. The van der Waals surface area contributed by atoms with Gasteiger partial charge in [0.1, 0.15) is 10.9 Å². The van der Waals surface area contributed by atoms with Gasteiger partial charge in [0.15, 0.2) is 5.84 Å². The fourth-order valence-electron chi connectivity index (χ4n) is 4.26. The van der Waals surface area contributed by atoms with Gasteiger partial charge in [0.25, 0.3) is 10.0 Å². The molecule has 2 N–H and O–H groups in total. The monoisotopic (exact) mass is 439 g/mol. The van der Waals surface area contributed by atoms with Crippen molar-refractivity contribution in [3.05, 3.63) is 54.1 Å². The van der Waals surface area contributed by atoms with E-state index in [-0.39, 0.29) is 16.8 Å². The molecule has 3 amide bonds. The quantitative estimate of drug-likeness (QED) is 0.757. The first-order valence-electron chi connectivity index (χ1n) is 10.1. The van der Waals surface area contributed by atoms with Gasteiger partial charge in [-0.15, -0.1) is 4.40 Å². The molecule has 5 rings (SSSR count). The minimum Gasteiger partial charge on any atom is -0.343 e. The number of amides is 3. The number of likely N-dealkylation sites (tertiary alicyclic amines) is 1. The lowest BCUT2D eigenvalue weighted by atomic mass is 10.1. The Balaban J connectivity index is 1.34. The van der Waals surface area contributed by atoms with Crippen molar-refractivity contribution in [2.45, 2.75) is 23.8 Å². The van der Waals surface area contributed by atoms with Crippen LogP contribution in [0.15, 0.2) is 57.8 Å². The van der Waals surface area contributed by atoms with Crippen LogP contribution >= 0.6 is 0 Å². The highest BCUT2D eigenvalue weighted by Gasteiger charge is 2.39. The molecule has 2 aromatic rings. The maximum absolute atomic E-state index is 13.0. The van der Waals surface area contributed by atoms with Crippen molar-refractivity contribution in [2.24, 2.45) is 4.40 Å². The van der Waals surface area contributed by atoms with Gasteiger partial charge < -0.3 is 15.5 Å². The Labute approximate surface area is 179 Å². The lowest BCUT2D eigenvalue weighted by Crippen LogP contribution is -2.43. The topological polar surface area (TPSA) is 111 Å². The average Bonchev–Trinajstić information content (AvgIpc) is 3.47. The number of rotatable bonds is 3. The van der Waals surface area contributed by atoms with Crippen LogP contribution in [0.4, 0.5) is 16.2 Å². The van der Waals surface area contributed by atoms with Crippen LogP contribution in [0.25, 0.3) is 0 Å². The summed E-state index contributed by atoms with van der Waals surface area (Å²) in [6.45, 7) is 1.77. The van der Waals surface area contributed by atoms with Gasteiger partial charge in [-0.05, 0) is 49.2 Å². The number of urea groups is 1. The normalized spacial score (nSPS) is 21.6. The molecule has 0 radical (unpaired) electrons. The molecule has 3 heterocycles. The third kappa shape index (κ3) is 3.42. The van der Waals surface area contributed by atoms with Crippen molar-refractivity contribution in [1.82, 2.24) is 10.2 Å². The summed E-state index contributed by atoms with van der Waals surface area (Å²) in [6, 6.07) is 13.1. The highest BCUT2D eigenvalue weighted by atomic mass is 32.2. The number of hydrogen-bond acceptors (Lipinski definition) is 5. The van der Waals surface area contributed by atoms with Crippen LogP contribution in [0.5, 0.6) is 0 Å². The van der Waals surface area contributed by atoms with Crippen molar-refractivity contribution in [2.75, 3.05) is 29.9 Å². The Bertz CT molecular complexity index is 1190. The Morgan fingerprint density at radius 2 is 1.87 bits per heavy atom. The van der Waals surface area contributed by atoms with Gasteiger partial charge in [0, 0.05) is 36.6 Å². The third-order valence-electron chi connectivity index (χ3n) is 5.74. The summed E-state index contributed by atoms with van der Waals surface area (Å²) in [4.78, 5) is 28.4. The van der Waals surface area contributed by atoms with Crippen LogP contribution in [0.1, 0.15) is 18.4 Å². The van der Waals surface area contributed by atoms with Crippen LogP contribution in [-0.4, -0.2) is 56.8 Å². The fourth-order valence-corrected chi connectivity index (χ4v) is 5.47. The Morgan fingerprint density at radius 1 is 1.10 bits per heavy atom. The molecule has 160 valence electrons. The zero-order valence-electron chi connectivity index (χ0n) is 16.6. The van der Waals surface area contributed by atoms with E-state index in [1.165, 1.54) is 6.07 Å². The van der Waals surface area contributed by atoms with E-state index < -0.39 is 16.1 Å². The predicted octanol–water partition coefficient (Wildman–Crippen LogP) is 1.77. The molecule has 0 bridgehead atoms. The minimum atomic E-state index is -3.74. The van der Waals surface area contributed by atoms with Crippen LogP contribution in [0, 0.1) is 0 Å². The number of carbonyl (C=O) groups is 2. The Morgan fingerprint density at radius 3 is 2.61 bits per heavy atom. The van der Waals surface area contributed by atoms with Gasteiger partial charge >= 0.3 is 6.03 Å². The van der Waals surface area contributed by atoms with Crippen LogP contribution in [0.2, 0.25) is 0 Å². The number of carbonyl (C=O) groups excluding carboxylic acids is 2. The SMILES string of the molecule is O=C(Nc1ccc(N2CCNC2=O)cc1)[C@@H]1CCCN1C1=NS(=O)(=O)c2ccccc21. The summed E-state index contributed by atoms with van der Waals surface area (Å²) in [5.74, 6) is 0.122. The predicted molar refractivity (Wildman–Crippen MR) is 116 cm³/mol. The second-order valence-corrected chi connectivity index (χ2v) is 9.23. The number of benzene rings is 2. The number of nitrogens with zero attached hydrogens (tertiary/aromatic N) is 3. The summed E-state index contributed by atoms with van der Waals surface area (Å²) in [7, 11) is -3.74. The van der Waals surface area contributed by atoms with E-state index in [9.17, 15) is 18.0 Å². The number of sulfonamides is 1. The number of nitrogens with one attached hydrogen (secondary N) is 2. The Kier molecular flexibility index (Phi) is 4.66. The summed E-state index contributed by atoms with van der Waals surface area (Å²) < 4.78 is 28.8. The van der Waals surface area contributed by atoms with E-state index in [0.717, 1.165) is 12.1 Å². The molecule has 31 heavy (non-hydrogen) atoms. The van der Waals surface area contributed by atoms with Gasteiger partial charge in [-0.2, -0.15) is 8.42 Å². The molecule has 9 nitrogen and oxygen atoms in total. The van der Waals surface area contributed by atoms with E-state index in [2.05, 4.69) is 15.0 Å². The van der Waals surface area contributed by atoms with E-state index >= 15 is 0 Å². The number of fused-ring (bicyclic) bond motifs is 1. The molecule has 2 saturated heterocycles. The van der Waals surface area contributed by atoms with E-state index in [4.69, 9.17) is 0 Å². The van der Waals surface area contributed by atoms with Gasteiger partial charge in [0.05, 0.1) is 0 Å². The van der Waals surface area contributed by atoms with Gasteiger partial charge in [0.2, 0.25) is 5.91 Å². The molecule has 3 aliphatic rings. The number of hydrogen-bond donors (Lipinski definition) is 2. The molecule has 1 atom stereocenters. The summed E-state index contributed by atoms with van der Waals surface area (Å²) >= 11 is 0. The first kappa shape index (κ1) is 19.6. The first-order valence-corrected chi connectivity index (χ1v) is 11.6. The van der Waals surface area contributed by atoms with Crippen molar-refractivity contribution >= 4 is 39.2 Å². The van der Waals surface area contributed by atoms with Crippen molar-refractivity contribution < 1.29 is 18.0 Å².